The predicted octanol–water partition coefficient (Wildman–Crippen LogP) is 3.58. The monoisotopic (exact) mass is 348 g/mol. The molecule has 0 aliphatic carbocycles. The fourth-order valence-electron chi connectivity index (χ4n) is 2.30. The molecule has 0 aliphatic heterocycles. The summed E-state index contributed by atoms with van der Waals surface area (Å²) in [7, 11) is -3.79. The lowest BCUT2D eigenvalue weighted by Gasteiger charge is -2.34. The summed E-state index contributed by atoms with van der Waals surface area (Å²) in [5.74, 6) is 0. The Hall–Kier alpha value is -2.25. The maximum absolute atomic E-state index is 13.0. The molecule has 2 rings (SSSR count). The zero-order valence-corrected chi connectivity index (χ0v) is 14.7. The average Bonchev–Trinajstić information content (AvgIpc) is 2.52. The first kappa shape index (κ1) is 18.1. The smallest absolute Gasteiger partial charge is 0.258 e. The van der Waals surface area contributed by atoms with Gasteiger partial charge < -0.3 is 0 Å². The number of hydrogen-bond acceptors (Lipinski definition) is 4. The Morgan fingerprint density at radius 2 is 1.54 bits per heavy atom. The van der Waals surface area contributed by atoms with Crippen LogP contribution in [0.4, 0.5) is 5.69 Å². The van der Waals surface area contributed by atoms with E-state index in [-0.39, 0.29) is 17.1 Å². The summed E-state index contributed by atoms with van der Waals surface area (Å²) in [6, 6.07) is 14.3. The SMILES string of the molecule is CC(C)(C)N(Cc1ccccc1)S(=O)(=O)c1ccc([N+](=O)[O-])cc1. The quantitative estimate of drug-likeness (QED) is 0.611. The predicted molar refractivity (Wildman–Crippen MR) is 92.0 cm³/mol. The lowest BCUT2D eigenvalue weighted by Crippen LogP contribution is -2.44. The van der Waals surface area contributed by atoms with Crippen LogP contribution in [-0.4, -0.2) is 23.2 Å². The Morgan fingerprint density at radius 3 is 2.00 bits per heavy atom. The van der Waals surface area contributed by atoms with E-state index >= 15 is 0 Å². The fraction of sp³-hybridized carbons (Fsp3) is 0.294. The number of benzene rings is 2. The van der Waals surface area contributed by atoms with Crippen molar-refractivity contribution < 1.29 is 13.3 Å². The van der Waals surface area contributed by atoms with Crippen molar-refractivity contribution in [2.45, 2.75) is 37.8 Å². The number of rotatable bonds is 5. The first-order valence-corrected chi connectivity index (χ1v) is 8.87. The van der Waals surface area contributed by atoms with Crippen molar-refractivity contribution in [1.29, 1.82) is 0 Å². The second kappa shape index (κ2) is 6.70. The third kappa shape index (κ3) is 3.98. The van der Waals surface area contributed by atoms with Crippen molar-refractivity contribution in [2.24, 2.45) is 0 Å². The van der Waals surface area contributed by atoms with E-state index in [0.29, 0.717) is 0 Å². The standard InChI is InChI=1S/C17H20N2O4S/c1-17(2,3)18(13-14-7-5-4-6-8-14)24(22,23)16-11-9-15(10-12-16)19(20)21/h4-12H,13H2,1-3H3. The maximum Gasteiger partial charge on any atom is 0.269 e. The van der Waals surface area contributed by atoms with E-state index < -0.39 is 20.5 Å². The lowest BCUT2D eigenvalue weighted by molar-refractivity contribution is -0.384. The Labute approximate surface area is 141 Å². The van der Waals surface area contributed by atoms with E-state index in [1.807, 2.05) is 51.1 Å². The normalized spacial score (nSPS) is 12.3. The number of non-ortho nitro benzene ring substituents is 1. The van der Waals surface area contributed by atoms with Crippen LogP contribution < -0.4 is 0 Å². The summed E-state index contributed by atoms with van der Waals surface area (Å²) in [4.78, 5) is 10.2. The second-order valence-electron chi connectivity index (χ2n) is 6.42. The van der Waals surface area contributed by atoms with Gasteiger partial charge in [0.15, 0.2) is 0 Å². The molecule has 128 valence electrons. The highest BCUT2D eigenvalue weighted by atomic mass is 32.2. The molecule has 0 heterocycles. The molecule has 0 saturated heterocycles. The number of nitro benzene ring substituents is 1. The van der Waals surface area contributed by atoms with Crippen LogP contribution in [0.15, 0.2) is 59.5 Å². The van der Waals surface area contributed by atoms with Crippen molar-refractivity contribution in [3.05, 3.63) is 70.3 Å². The van der Waals surface area contributed by atoms with E-state index in [2.05, 4.69) is 0 Å². The summed E-state index contributed by atoms with van der Waals surface area (Å²) >= 11 is 0. The minimum atomic E-state index is -3.79. The molecule has 0 atom stereocenters. The molecule has 0 N–H and O–H groups in total. The van der Waals surface area contributed by atoms with Gasteiger partial charge in [-0.05, 0) is 38.5 Å². The van der Waals surface area contributed by atoms with E-state index in [4.69, 9.17) is 0 Å². The minimum absolute atomic E-state index is 0.0407. The Balaban J connectivity index is 2.42. The number of nitro groups is 1. The summed E-state index contributed by atoms with van der Waals surface area (Å²) in [5, 5.41) is 10.7. The van der Waals surface area contributed by atoms with Crippen LogP contribution in [0.1, 0.15) is 26.3 Å². The molecule has 0 unspecified atom stereocenters. The Morgan fingerprint density at radius 1 is 1.00 bits per heavy atom. The highest BCUT2D eigenvalue weighted by Gasteiger charge is 2.34. The van der Waals surface area contributed by atoms with E-state index in [1.165, 1.54) is 28.6 Å². The van der Waals surface area contributed by atoms with Gasteiger partial charge in [0, 0.05) is 24.2 Å². The third-order valence-corrected chi connectivity index (χ3v) is 5.68. The highest BCUT2D eigenvalue weighted by molar-refractivity contribution is 7.89. The molecular formula is C17H20N2O4S. The topological polar surface area (TPSA) is 80.5 Å². The van der Waals surface area contributed by atoms with Gasteiger partial charge in [0.2, 0.25) is 10.0 Å². The van der Waals surface area contributed by atoms with Gasteiger partial charge in [0.1, 0.15) is 0 Å². The van der Waals surface area contributed by atoms with Crippen LogP contribution >= 0.6 is 0 Å². The summed E-state index contributed by atoms with van der Waals surface area (Å²) in [5.41, 5.74) is 0.0911. The molecule has 2 aromatic carbocycles. The summed E-state index contributed by atoms with van der Waals surface area (Å²) in [6.45, 7) is 5.68. The molecule has 0 amide bonds. The molecule has 0 bridgehead atoms. The number of nitrogens with zero attached hydrogens (tertiary/aromatic N) is 2. The van der Waals surface area contributed by atoms with Gasteiger partial charge >= 0.3 is 0 Å². The fourth-order valence-corrected chi connectivity index (χ4v) is 4.07. The van der Waals surface area contributed by atoms with Crippen LogP contribution in [0.3, 0.4) is 0 Å². The molecular weight excluding hydrogens is 328 g/mol. The van der Waals surface area contributed by atoms with Crippen molar-refractivity contribution in [3.8, 4) is 0 Å². The molecule has 0 fully saturated rings. The van der Waals surface area contributed by atoms with Crippen LogP contribution in [-0.2, 0) is 16.6 Å². The van der Waals surface area contributed by atoms with Gasteiger partial charge in [-0.2, -0.15) is 4.31 Å². The minimum Gasteiger partial charge on any atom is -0.258 e. The van der Waals surface area contributed by atoms with Crippen molar-refractivity contribution in [3.63, 3.8) is 0 Å². The van der Waals surface area contributed by atoms with E-state index in [0.717, 1.165) is 5.56 Å². The van der Waals surface area contributed by atoms with Crippen molar-refractivity contribution in [2.75, 3.05) is 0 Å². The van der Waals surface area contributed by atoms with Gasteiger partial charge in [-0.15, -0.1) is 0 Å². The summed E-state index contributed by atoms with van der Waals surface area (Å²) in [6.07, 6.45) is 0. The molecule has 2 aromatic rings. The first-order valence-electron chi connectivity index (χ1n) is 7.43. The van der Waals surface area contributed by atoms with E-state index in [1.54, 1.807) is 0 Å². The van der Waals surface area contributed by atoms with Gasteiger partial charge in [-0.25, -0.2) is 8.42 Å². The second-order valence-corrected chi connectivity index (χ2v) is 8.28. The zero-order chi connectivity index (χ0) is 18.0. The molecule has 0 radical (unpaired) electrons. The molecule has 24 heavy (non-hydrogen) atoms. The molecule has 6 nitrogen and oxygen atoms in total. The molecule has 0 saturated carbocycles. The van der Waals surface area contributed by atoms with Crippen molar-refractivity contribution >= 4 is 15.7 Å². The number of sulfonamides is 1. The van der Waals surface area contributed by atoms with Gasteiger partial charge in [0.05, 0.1) is 9.82 Å². The van der Waals surface area contributed by atoms with Crippen LogP contribution in [0.5, 0.6) is 0 Å². The summed E-state index contributed by atoms with van der Waals surface area (Å²) < 4.78 is 27.4. The highest BCUT2D eigenvalue weighted by Crippen LogP contribution is 2.27. The number of hydrogen-bond donors (Lipinski definition) is 0. The molecule has 0 aromatic heterocycles. The Bertz CT molecular complexity index is 810. The van der Waals surface area contributed by atoms with Crippen LogP contribution in [0, 0.1) is 10.1 Å². The first-order chi connectivity index (χ1) is 11.1. The van der Waals surface area contributed by atoms with Gasteiger partial charge in [-0.1, -0.05) is 30.3 Å². The largest absolute Gasteiger partial charge is 0.269 e. The van der Waals surface area contributed by atoms with Gasteiger partial charge in [-0.3, -0.25) is 10.1 Å². The molecule has 7 heteroatoms. The van der Waals surface area contributed by atoms with Crippen LogP contribution in [0.25, 0.3) is 0 Å². The maximum atomic E-state index is 13.0. The Kier molecular flexibility index (Phi) is 5.05. The lowest BCUT2D eigenvalue weighted by atomic mass is 10.1. The third-order valence-electron chi connectivity index (χ3n) is 3.55. The van der Waals surface area contributed by atoms with Crippen LogP contribution in [0.2, 0.25) is 0 Å². The average molecular weight is 348 g/mol. The van der Waals surface area contributed by atoms with Crippen molar-refractivity contribution in [1.82, 2.24) is 4.31 Å². The zero-order valence-electron chi connectivity index (χ0n) is 13.8. The molecule has 0 aliphatic rings. The van der Waals surface area contributed by atoms with E-state index in [9.17, 15) is 18.5 Å². The van der Waals surface area contributed by atoms with Gasteiger partial charge in [0.25, 0.3) is 5.69 Å². The molecule has 0 spiro atoms.